The van der Waals surface area contributed by atoms with Crippen molar-refractivity contribution in [1.29, 1.82) is 0 Å². The first-order valence-corrected chi connectivity index (χ1v) is 9.95. The molecule has 0 unspecified atom stereocenters. The average Bonchev–Trinajstić information content (AvgIpc) is 3.18. The van der Waals surface area contributed by atoms with Gasteiger partial charge >= 0.3 is 0 Å². The predicted octanol–water partition coefficient (Wildman–Crippen LogP) is 4.80. The fourth-order valence-corrected chi connectivity index (χ4v) is 4.47. The van der Waals surface area contributed by atoms with Crippen molar-refractivity contribution in [2.24, 2.45) is 0 Å². The fourth-order valence-electron chi connectivity index (χ4n) is 3.23. The van der Waals surface area contributed by atoms with Crippen molar-refractivity contribution in [3.05, 3.63) is 78.3 Å². The zero-order valence-electron chi connectivity index (χ0n) is 15.4. The number of anilines is 2. The molecule has 1 aliphatic rings. The summed E-state index contributed by atoms with van der Waals surface area (Å²) in [6.45, 7) is 1.90. The molecule has 28 heavy (non-hydrogen) atoms. The van der Waals surface area contributed by atoms with Gasteiger partial charge in [-0.2, -0.15) is 0 Å². The number of nitrogens with zero attached hydrogens (tertiary/aromatic N) is 1. The molecule has 3 aromatic rings. The van der Waals surface area contributed by atoms with Crippen molar-refractivity contribution in [2.75, 3.05) is 16.8 Å². The molecule has 1 atom stereocenters. The van der Waals surface area contributed by atoms with E-state index in [2.05, 4.69) is 5.32 Å². The summed E-state index contributed by atoms with van der Waals surface area (Å²) in [6.07, 6.45) is 1.88. The maximum Gasteiger partial charge on any atom is 0.244 e. The number of hydrogen-bond donors (Lipinski definition) is 1. The minimum Gasteiger partial charge on any atom is -0.468 e. The maximum atomic E-state index is 13.0. The highest BCUT2D eigenvalue weighted by Crippen LogP contribution is 2.45. The Morgan fingerprint density at radius 1 is 1.14 bits per heavy atom. The molecule has 142 valence electrons. The van der Waals surface area contributed by atoms with E-state index in [0.29, 0.717) is 0 Å². The summed E-state index contributed by atoms with van der Waals surface area (Å²) in [5.41, 5.74) is 2.49. The molecule has 4 rings (SSSR count). The SMILES string of the molecule is Cc1ccccc1NC(=O)CN1C(=O)C[C@@H](c2ccco2)Sc2ccccc21. The molecule has 2 amide bonds. The lowest BCUT2D eigenvalue weighted by Gasteiger charge is -2.22. The molecule has 1 aromatic heterocycles. The van der Waals surface area contributed by atoms with Crippen molar-refractivity contribution in [2.45, 2.75) is 23.5 Å². The van der Waals surface area contributed by atoms with Gasteiger partial charge in [0.05, 0.1) is 17.2 Å². The van der Waals surface area contributed by atoms with Crippen molar-refractivity contribution < 1.29 is 14.0 Å². The molecule has 0 saturated heterocycles. The van der Waals surface area contributed by atoms with E-state index in [-0.39, 0.29) is 30.0 Å². The number of furan rings is 1. The first kappa shape index (κ1) is 18.4. The lowest BCUT2D eigenvalue weighted by atomic mass is 10.2. The van der Waals surface area contributed by atoms with Gasteiger partial charge in [-0.05, 0) is 42.8 Å². The summed E-state index contributed by atoms with van der Waals surface area (Å²) in [5.74, 6) is 0.442. The number of rotatable bonds is 4. The van der Waals surface area contributed by atoms with Crippen LogP contribution in [0.15, 0.2) is 76.2 Å². The molecule has 0 saturated carbocycles. The van der Waals surface area contributed by atoms with Crippen LogP contribution in [-0.4, -0.2) is 18.4 Å². The van der Waals surface area contributed by atoms with E-state index >= 15 is 0 Å². The highest BCUT2D eigenvalue weighted by atomic mass is 32.2. The van der Waals surface area contributed by atoms with Crippen LogP contribution in [0.2, 0.25) is 0 Å². The van der Waals surface area contributed by atoms with Gasteiger partial charge in [-0.1, -0.05) is 30.3 Å². The second-order valence-corrected chi connectivity index (χ2v) is 7.88. The average molecular weight is 392 g/mol. The van der Waals surface area contributed by atoms with E-state index in [1.165, 1.54) is 0 Å². The molecular formula is C22H20N2O3S. The van der Waals surface area contributed by atoms with Gasteiger partial charge in [0, 0.05) is 17.0 Å². The Labute approximate surface area is 167 Å². The van der Waals surface area contributed by atoms with Gasteiger partial charge in [-0.15, -0.1) is 11.8 Å². The number of carbonyl (C=O) groups is 2. The van der Waals surface area contributed by atoms with E-state index in [4.69, 9.17) is 4.42 Å². The summed E-state index contributed by atoms with van der Waals surface area (Å²) < 4.78 is 5.53. The molecule has 1 aliphatic heterocycles. The lowest BCUT2D eigenvalue weighted by molar-refractivity contribution is -0.121. The summed E-state index contributed by atoms with van der Waals surface area (Å²) in [7, 11) is 0. The molecule has 0 aliphatic carbocycles. The number of para-hydroxylation sites is 2. The molecule has 0 fully saturated rings. The van der Waals surface area contributed by atoms with Gasteiger partial charge in [0.1, 0.15) is 12.3 Å². The van der Waals surface area contributed by atoms with Gasteiger partial charge in [0.15, 0.2) is 0 Å². The number of amides is 2. The number of hydrogen-bond acceptors (Lipinski definition) is 4. The zero-order chi connectivity index (χ0) is 19.5. The Hall–Kier alpha value is -2.99. The largest absolute Gasteiger partial charge is 0.468 e. The summed E-state index contributed by atoms with van der Waals surface area (Å²) in [5, 5.41) is 2.79. The van der Waals surface area contributed by atoms with E-state index in [1.54, 1.807) is 22.9 Å². The quantitative estimate of drug-likeness (QED) is 0.693. The molecule has 2 aromatic carbocycles. The van der Waals surface area contributed by atoms with Crippen LogP contribution in [0.3, 0.4) is 0 Å². The molecule has 0 bridgehead atoms. The van der Waals surface area contributed by atoms with Crippen molar-refractivity contribution in [3.63, 3.8) is 0 Å². The lowest BCUT2D eigenvalue weighted by Crippen LogP contribution is -2.38. The minimum absolute atomic E-state index is 0.0321. The van der Waals surface area contributed by atoms with Crippen LogP contribution in [-0.2, 0) is 9.59 Å². The minimum atomic E-state index is -0.223. The first-order chi connectivity index (χ1) is 13.6. The zero-order valence-corrected chi connectivity index (χ0v) is 16.2. The third kappa shape index (κ3) is 3.82. The highest BCUT2D eigenvalue weighted by molar-refractivity contribution is 7.99. The number of fused-ring (bicyclic) bond motifs is 1. The first-order valence-electron chi connectivity index (χ1n) is 9.07. The molecule has 0 radical (unpaired) electrons. The van der Waals surface area contributed by atoms with Crippen LogP contribution in [0.25, 0.3) is 0 Å². The van der Waals surface area contributed by atoms with Crippen molar-refractivity contribution in [3.8, 4) is 0 Å². The normalized spacial score (nSPS) is 16.4. The van der Waals surface area contributed by atoms with Crippen LogP contribution in [0.4, 0.5) is 11.4 Å². The summed E-state index contributed by atoms with van der Waals surface area (Å²) >= 11 is 1.59. The van der Waals surface area contributed by atoms with Crippen molar-refractivity contribution >= 4 is 35.0 Å². The predicted molar refractivity (Wildman–Crippen MR) is 111 cm³/mol. The molecule has 2 heterocycles. The highest BCUT2D eigenvalue weighted by Gasteiger charge is 2.31. The van der Waals surface area contributed by atoms with Gasteiger partial charge in [0.2, 0.25) is 11.8 Å². The number of nitrogens with one attached hydrogen (secondary N) is 1. The van der Waals surface area contributed by atoms with E-state index in [9.17, 15) is 9.59 Å². The van der Waals surface area contributed by atoms with Crippen LogP contribution < -0.4 is 10.2 Å². The Morgan fingerprint density at radius 2 is 1.93 bits per heavy atom. The topological polar surface area (TPSA) is 62.6 Å². The molecule has 0 spiro atoms. The van der Waals surface area contributed by atoms with Gasteiger partial charge in [-0.25, -0.2) is 0 Å². The van der Waals surface area contributed by atoms with Gasteiger partial charge in [-0.3, -0.25) is 9.59 Å². The molecule has 5 nitrogen and oxygen atoms in total. The third-order valence-corrected chi connectivity index (χ3v) is 5.95. The molecular weight excluding hydrogens is 372 g/mol. The fraction of sp³-hybridized carbons (Fsp3) is 0.182. The van der Waals surface area contributed by atoms with Crippen LogP contribution in [0.1, 0.15) is 23.0 Å². The number of carbonyl (C=O) groups excluding carboxylic acids is 2. The monoisotopic (exact) mass is 392 g/mol. The Kier molecular flexibility index (Phi) is 5.21. The third-order valence-electron chi connectivity index (χ3n) is 4.67. The van der Waals surface area contributed by atoms with Crippen molar-refractivity contribution in [1.82, 2.24) is 0 Å². The van der Waals surface area contributed by atoms with Gasteiger partial charge < -0.3 is 14.6 Å². The number of benzene rings is 2. The van der Waals surface area contributed by atoms with Crippen LogP contribution in [0, 0.1) is 6.92 Å². The van der Waals surface area contributed by atoms with E-state index in [0.717, 1.165) is 27.6 Å². The second kappa shape index (κ2) is 7.94. The number of thioether (sulfide) groups is 1. The van der Waals surface area contributed by atoms with E-state index in [1.807, 2.05) is 67.6 Å². The molecule has 6 heteroatoms. The standard InChI is InChI=1S/C22H20N2O3S/c1-15-7-2-3-8-16(15)23-21(25)14-24-17-9-4-5-11-19(17)28-20(13-22(24)26)18-10-6-12-27-18/h2-12,20H,13-14H2,1H3,(H,23,25)/t20-/m0/s1. The molecule has 1 N–H and O–H groups in total. The summed E-state index contributed by atoms with van der Waals surface area (Å²) in [4.78, 5) is 28.2. The van der Waals surface area contributed by atoms with Crippen LogP contribution >= 0.6 is 11.8 Å². The Morgan fingerprint density at radius 3 is 2.71 bits per heavy atom. The van der Waals surface area contributed by atoms with E-state index < -0.39 is 0 Å². The Balaban J connectivity index is 1.59. The maximum absolute atomic E-state index is 13.0. The summed E-state index contributed by atoms with van der Waals surface area (Å²) in [6, 6.07) is 19.0. The second-order valence-electron chi connectivity index (χ2n) is 6.64. The van der Waals surface area contributed by atoms with Crippen LogP contribution in [0.5, 0.6) is 0 Å². The Bertz CT molecular complexity index is 1000. The smallest absolute Gasteiger partial charge is 0.244 e. The van der Waals surface area contributed by atoms with Gasteiger partial charge in [0.25, 0.3) is 0 Å². The number of aryl methyl sites for hydroxylation is 1.